The minimum atomic E-state index is -0.214. The van der Waals surface area contributed by atoms with Crippen molar-refractivity contribution < 1.29 is 19.4 Å². The lowest BCUT2D eigenvalue weighted by Gasteiger charge is -2.12. The SMILES string of the molecule is CCCCCCCCCCCC(=O)CCCCCCOCC(CO)OC. The molecule has 0 fully saturated rings. The summed E-state index contributed by atoms with van der Waals surface area (Å²) in [6, 6.07) is 0. The van der Waals surface area contributed by atoms with E-state index in [0.29, 0.717) is 19.0 Å². The van der Waals surface area contributed by atoms with Crippen molar-refractivity contribution in [3.63, 3.8) is 0 Å². The molecule has 0 aliphatic rings. The van der Waals surface area contributed by atoms with Gasteiger partial charge in [-0.15, -0.1) is 0 Å². The first-order chi connectivity index (χ1) is 12.7. The summed E-state index contributed by atoms with van der Waals surface area (Å²) in [5.41, 5.74) is 0. The quantitative estimate of drug-likeness (QED) is 0.272. The van der Waals surface area contributed by atoms with Crippen LogP contribution in [0, 0.1) is 0 Å². The highest BCUT2D eigenvalue weighted by molar-refractivity contribution is 5.78. The van der Waals surface area contributed by atoms with Gasteiger partial charge in [0, 0.05) is 26.6 Å². The molecule has 0 heterocycles. The van der Waals surface area contributed by atoms with Gasteiger partial charge in [0.2, 0.25) is 0 Å². The van der Waals surface area contributed by atoms with Crippen LogP contribution in [0.1, 0.15) is 103 Å². The molecule has 0 amide bonds. The molecule has 4 nitrogen and oxygen atoms in total. The molecule has 26 heavy (non-hydrogen) atoms. The summed E-state index contributed by atoms with van der Waals surface area (Å²) in [5, 5.41) is 8.96. The van der Waals surface area contributed by atoms with E-state index in [0.717, 1.165) is 44.9 Å². The molecule has 0 bridgehead atoms. The highest BCUT2D eigenvalue weighted by Crippen LogP contribution is 2.12. The number of unbranched alkanes of at least 4 members (excludes halogenated alkanes) is 11. The summed E-state index contributed by atoms with van der Waals surface area (Å²) in [6.07, 6.45) is 17.3. The number of hydrogen-bond donors (Lipinski definition) is 1. The lowest BCUT2D eigenvalue weighted by molar-refractivity contribution is -0.119. The highest BCUT2D eigenvalue weighted by Gasteiger charge is 2.05. The fourth-order valence-electron chi connectivity index (χ4n) is 3.05. The monoisotopic (exact) mass is 372 g/mol. The normalized spacial score (nSPS) is 12.4. The molecule has 0 rings (SSSR count). The number of rotatable bonds is 21. The lowest BCUT2D eigenvalue weighted by atomic mass is 10.0. The number of Topliss-reactive ketones (excluding diaryl/α,β-unsaturated/α-hetero) is 1. The van der Waals surface area contributed by atoms with Crippen LogP contribution in [-0.4, -0.2) is 43.9 Å². The predicted octanol–water partition coefficient (Wildman–Crippen LogP) is 5.45. The number of aliphatic hydroxyl groups is 1. The van der Waals surface area contributed by atoms with Crippen LogP contribution in [0.4, 0.5) is 0 Å². The van der Waals surface area contributed by atoms with Gasteiger partial charge in [-0.2, -0.15) is 0 Å². The van der Waals surface area contributed by atoms with E-state index >= 15 is 0 Å². The molecule has 0 saturated carbocycles. The minimum absolute atomic E-state index is 0.00241. The first-order valence-electron chi connectivity index (χ1n) is 11.0. The maximum absolute atomic E-state index is 11.9. The summed E-state index contributed by atoms with van der Waals surface area (Å²) >= 11 is 0. The summed E-state index contributed by atoms with van der Waals surface area (Å²) < 4.78 is 10.5. The van der Waals surface area contributed by atoms with Crippen molar-refractivity contribution in [3.8, 4) is 0 Å². The molecule has 156 valence electrons. The molecular weight excluding hydrogens is 328 g/mol. The van der Waals surface area contributed by atoms with Gasteiger partial charge in [-0.25, -0.2) is 0 Å². The Morgan fingerprint density at radius 2 is 1.31 bits per heavy atom. The van der Waals surface area contributed by atoms with E-state index in [9.17, 15) is 4.79 Å². The Hall–Kier alpha value is -0.450. The Morgan fingerprint density at radius 3 is 1.81 bits per heavy atom. The summed E-state index contributed by atoms with van der Waals surface area (Å²) in [6.45, 7) is 3.40. The first-order valence-corrected chi connectivity index (χ1v) is 11.0. The number of ether oxygens (including phenoxy) is 2. The second-order valence-electron chi connectivity index (χ2n) is 7.40. The molecule has 4 heteroatoms. The fraction of sp³-hybridized carbons (Fsp3) is 0.955. The van der Waals surface area contributed by atoms with Crippen molar-refractivity contribution in [2.24, 2.45) is 0 Å². The van der Waals surface area contributed by atoms with Crippen molar-refractivity contribution in [1.29, 1.82) is 0 Å². The van der Waals surface area contributed by atoms with Crippen LogP contribution in [-0.2, 0) is 14.3 Å². The van der Waals surface area contributed by atoms with E-state index < -0.39 is 0 Å². The molecule has 0 spiro atoms. The zero-order chi connectivity index (χ0) is 19.3. The van der Waals surface area contributed by atoms with Crippen LogP contribution in [0.3, 0.4) is 0 Å². The summed E-state index contributed by atoms with van der Waals surface area (Å²) in [7, 11) is 1.58. The van der Waals surface area contributed by atoms with Crippen LogP contribution < -0.4 is 0 Å². The number of carbonyl (C=O) groups is 1. The Balaban J connectivity index is 3.22. The molecule has 1 unspecified atom stereocenters. The van der Waals surface area contributed by atoms with E-state index in [-0.39, 0.29) is 12.7 Å². The van der Waals surface area contributed by atoms with Crippen molar-refractivity contribution >= 4 is 5.78 Å². The van der Waals surface area contributed by atoms with Crippen LogP contribution >= 0.6 is 0 Å². The molecule has 1 N–H and O–H groups in total. The molecule has 0 aliphatic carbocycles. The molecule has 0 aromatic heterocycles. The van der Waals surface area contributed by atoms with Crippen molar-refractivity contribution in [2.45, 2.75) is 109 Å². The number of ketones is 1. The number of carbonyl (C=O) groups excluding carboxylic acids is 1. The Morgan fingerprint density at radius 1 is 0.808 bits per heavy atom. The van der Waals surface area contributed by atoms with Crippen molar-refractivity contribution in [2.75, 3.05) is 26.9 Å². The van der Waals surface area contributed by atoms with Crippen LogP contribution in [0.25, 0.3) is 0 Å². The molecule has 0 radical (unpaired) electrons. The maximum Gasteiger partial charge on any atom is 0.132 e. The second kappa shape index (κ2) is 20.9. The van der Waals surface area contributed by atoms with Gasteiger partial charge < -0.3 is 14.6 Å². The zero-order valence-corrected chi connectivity index (χ0v) is 17.5. The Kier molecular flexibility index (Phi) is 20.5. The molecule has 0 saturated heterocycles. The van der Waals surface area contributed by atoms with Crippen LogP contribution in [0.15, 0.2) is 0 Å². The minimum Gasteiger partial charge on any atom is -0.394 e. The Labute approximate surface area is 162 Å². The van der Waals surface area contributed by atoms with Gasteiger partial charge in [0.05, 0.1) is 13.2 Å². The highest BCUT2D eigenvalue weighted by atomic mass is 16.5. The van der Waals surface area contributed by atoms with Gasteiger partial charge in [-0.05, 0) is 19.3 Å². The van der Waals surface area contributed by atoms with Gasteiger partial charge in [0.15, 0.2) is 0 Å². The van der Waals surface area contributed by atoms with E-state index in [1.54, 1.807) is 7.11 Å². The van der Waals surface area contributed by atoms with E-state index in [4.69, 9.17) is 14.6 Å². The van der Waals surface area contributed by atoms with E-state index in [1.807, 2.05) is 0 Å². The van der Waals surface area contributed by atoms with Crippen molar-refractivity contribution in [3.05, 3.63) is 0 Å². The lowest BCUT2D eigenvalue weighted by Crippen LogP contribution is -2.22. The fourth-order valence-corrected chi connectivity index (χ4v) is 3.05. The van der Waals surface area contributed by atoms with Gasteiger partial charge in [-0.3, -0.25) is 4.79 Å². The zero-order valence-electron chi connectivity index (χ0n) is 17.5. The van der Waals surface area contributed by atoms with Crippen molar-refractivity contribution in [1.82, 2.24) is 0 Å². The molecule has 0 aromatic rings. The average molecular weight is 373 g/mol. The van der Waals surface area contributed by atoms with Gasteiger partial charge >= 0.3 is 0 Å². The summed E-state index contributed by atoms with van der Waals surface area (Å²) in [4.78, 5) is 11.9. The third kappa shape index (κ3) is 18.3. The number of hydrogen-bond acceptors (Lipinski definition) is 4. The predicted molar refractivity (Wildman–Crippen MR) is 109 cm³/mol. The smallest absolute Gasteiger partial charge is 0.132 e. The molecule has 0 aliphatic heterocycles. The van der Waals surface area contributed by atoms with Crippen LogP contribution in [0.5, 0.6) is 0 Å². The first kappa shape index (κ1) is 25.6. The standard InChI is InChI=1S/C22H44O4/c1-3-4-5-6-7-8-9-10-13-16-21(24)17-14-11-12-15-18-26-20-22(19-23)25-2/h22-23H,3-20H2,1-2H3. The average Bonchev–Trinajstić information content (AvgIpc) is 2.65. The van der Waals surface area contributed by atoms with E-state index in [2.05, 4.69) is 6.92 Å². The van der Waals surface area contributed by atoms with Gasteiger partial charge in [0.25, 0.3) is 0 Å². The van der Waals surface area contributed by atoms with Gasteiger partial charge in [0.1, 0.15) is 11.9 Å². The maximum atomic E-state index is 11.9. The second-order valence-corrected chi connectivity index (χ2v) is 7.40. The molecule has 1 atom stereocenters. The third-order valence-electron chi connectivity index (χ3n) is 4.89. The largest absolute Gasteiger partial charge is 0.394 e. The molecular formula is C22H44O4. The number of aliphatic hydroxyl groups excluding tert-OH is 1. The third-order valence-corrected chi connectivity index (χ3v) is 4.89. The van der Waals surface area contributed by atoms with Gasteiger partial charge in [-0.1, -0.05) is 71.1 Å². The molecule has 0 aromatic carbocycles. The number of methoxy groups -OCH3 is 1. The van der Waals surface area contributed by atoms with Crippen LogP contribution in [0.2, 0.25) is 0 Å². The summed E-state index contributed by atoms with van der Waals surface area (Å²) in [5.74, 6) is 0.440. The van der Waals surface area contributed by atoms with E-state index in [1.165, 1.54) is 51.4 Å². The topological polar surface area (TPSA) is 55.8 Å². The Bertz CT molecular complexity index is 290.